The molecule has 2 aromatic rings. The van der Waals surface area contributed by atoms with E-state index in [4.69, 9.17) is 0 Å². The molecule has 0 atom stereocenters. The number of aryl methyl sites for hydroxylation is 1. The number of rotatable bonds is 3. The van der Waals surface area contributed by atoms with Crippen LogP contribution >= 0.6 is 0 Å². The lowest BCUT2D eigenvalue weighted by Crippen LogP contribution is -2.19. The van der Waals surface area contributed by atoms with Gasteiger partial charge in [0.1, 0.15) is 0 Å². The highest BCUT2D eigenvalue weighted by molar-refractivity contribution is 6.21. The second-order valence-corrected chi connectivity index (χ2v) is 4.37. The molecule has 6 nitrogen and oxygen atoms in total. The normalized spacial score (nSPS) is 13.3. The number of H-pyrrole nitrogens is 1. The van der Waals surface area contributed by atoms with Gasteiger partial charge in [0.05, 0.1) is 29.7 Å². The molecular weight excluding hydrogens is 244 g/mol. The van der Waals surface area contributed by atoms with Crippen molar-refractivity contribution in [3.8, 4) is 0 Å². The lowest BCUT2D eigenvalue weighted by Gasteiger charge is -2.06. The quantitative estimate of drug-likeness (QED) is 0.720. The minimum absolute atomic E-state index is 0.338. The van der Waals surface area contributed by atoms with Gasteiger partial charge < -0.3 is 10.3 Å². The average Bonchev–Trinajstić information content (AvgIpc) is 2.92. The number of amides is 2. The Kier molecular flexibility index (Phi) is 2.56. The molecular formula is C13H12N4O2. The molecule has 0 saturated heterocycles. The van der Waals surface area contributed by atoms with Gasteiger partial charge in [0.25, 0.3) is 11.8 Å². The van der Waals surface area contributed by atoms with E-state index in [-0.39, 0.29) is 11.8 Å². The average molecular weight is 256 g/mol. The summed E-state index contributed by atoms with van der Waals surface area (Å²) in [5.74, 6) is -0.686. The Bertz CT molecular complexity index is 675. The molecule has 1 aromatic heterocycles. The summed E-state index contributed by atoms with van der Waals surface area (Å²) < 4.78 is 0. The zero-order chi connectivity index (χ0) is 13.4. The van der Waals surface area contributed by atoms with Crippen molar-refractivity contribution >= 4 is 17.5 Å². The van der Waals surface area contributed by atoms with Gasteiger partial charge in [-0.15, -0.1) is 0 Å². The predicted octanol–water partition coefficient (Wildman–Crippen LogP) is 1.21. The molecule has 0 radical (unpaired) electrons. The van der Waals surface area contributed by atoms with Crippen molar-refractivity contribution in [2.45, 2.75) is 13.5 Å². The van der Waals surface area contributed by atoms with Crippen LogP contribution in [0.4, 0.5) is 5.69 Å². The number of anilines is 1. The number of fused-ring (bicyclic) bond motifs is 1. The summed E-state index contributed by atoms with van der Waals surface area (Å²) in [7, 11) is 0. The number of carbonyl (C=O) groups excluding carboxylic acids is 2. The van der Waals surface area contributed by atoms with Gasteiger partial charge in [-0.2, -0.15) is 0 Å². The fourth-order valence-corrected chi connectivity index (χ4v) is 2.03. The van der Waals surface area contributed by atoms with Crippen molar-refractivity contribution in [3.05, 3.63) is 47.0 Å². The first kappa shape index (κ1) is 11.5. The van der Waals surface area contributed by atoms with E-state index in [2.05, 4.69) is 20.6 Å². The van der Waals surface area contributed by atoms with Crippen LogP contribution in [0.3, 0.4) is 0 Å². The number of benzene rings is 1. The van der Waals surface area contributed by atoms with Crippen LogP contribution in [0.25, 0.3) is 0 Å². The first-order valence-corrected chi connectivity index (χ1v) is 5.87. The summed E-state index contributed by atoms with van der Waals surface area (Å²) in [6.07, 6.45) is 1.64. The van der Waals surface area contributed by atoms with Gasteiger partial charge in [0.15, 0.2) is 0 Å². The molecule has 96 valence electrons. The zero-order valence-corrected chi connectivity index (χ0v) is 10.3. The maximum Gasteiger partial charge on any atom is 0.259 e. The maximum atomic E-state index is 11.5. The van der Waals surface area contributed by atoms with E-state index in [1.54, 1.807) is 24.5 Å². The Morgan fingerprint density at radius 1 is 1.21 bits per heavy atom. The van der Waals surface area contributed by atoms with Crippen LogP contribution in [-0.2, 0) is 6.54 Å². The van der Waals surface area contributed by atoms with Crippen molar-refractivity contribution in [1.29, 1.82) is 0 Å². The van der Waals surface area contributed by atoms with Crippen LogP contribution in [0.2, 0.25) is 0 Å². The summed E-state index contributed by atoms with van der Waals surface area (Å²) >= 11 is 0. The number of imide groups is 1. The number of hydrogen-bond donors (Lipinski definition) is 3. The maximum absolute atomic E-state index is 11.5. The highest BCUT2D eigenvalue weighted by atomic mass is 16.2. The van der Waals surface area contributed by atoms with E-state index in [1.807, 2.05) is 6.92 Å². The fourth-order valence-electron chi connectivity index (χ4n) is 2.03. The third-order valence-electron chi connectivity index (χ3n) is 3.13. The molecule has 2 heterocycles. The van der Waals surface area contributed by atoms with Crippen LogP contribution < -0.4 is 10.6 Å². The Balaban J connectivity index is 1.80. The molecule has 0 aliphatic carbocycles. The van der Waals surface area contributed by atoms with Crippen molar-refractivity contribution in [2.24, 2.45) is 0 Å². The lowest BCUT2D eigenvalue weighted by atomic mass is 10.1. The van der Waals surface area contributed by atoms with Crippen LogP contribution in [0, 0.1) is 6.92 Å². The molecule has 1 aliphatic rings. The van der Waals surface area contributed by atoms with E-state index in [0.29, 0.717) is 17.7 Å². The summed E-state index contributed by atoms with van der Waals surface area (Å²) in [6.45, 7) is 2.50. The zero-order valence-electron chi connectivity index (χ0n) is 10.3. The molecule has 3 N–H and O–H groups in total. The van der Waals surface area contributed by atoms with Crippen LogP contribution in [0.1, 0.15) is 32.1 Å². The summed E-state index contributed by atoms with van der Waals surface area (Å²) in [5.41, 5.74) is 3.54. The molecule has 0 spiro atoms. The Hall–Kier alpha value is -2.63. The number of carbonyl (C=O) groups is 2. The van der Waals surface area contributed by atoms with Crippen LogP contribution in [-0.4, -0.2) is 21.8 Å². The van der Waals surface area contributed by atoms with Crippen molar-refractivity contribution in [2.75, 3.05) is 5.32 Å². The molecule has 6 heteroatoms. The van der Waals surface area contributed by atoms with Crippen molar-refractivity contribution < 1.29 is 9.59 Å². The van der Waals surface area contributed by atoms with Gasteiger partial charge in [-0.25, -0.2) is 4.98 Å². The largest absolute Gasteiger partial charge is 0.379 e. The second-order valence-electron chi connectivity index (χ2n) is 4.37. The van der Waals surface area contributed by atoms with E-state index < -0.39 is 0 Å². The van der Waals surface area contributed by atoms with E-state index >= 15 is 0 Å². The van der Waals surface area contributed by atoms with Gasteiger partial charge in [0, 0.05) is 11.4 Å². The topological polar surface area (TPSA) is 86.9 Å². The highest BCUT2D eigenvalue weighted by Gasteiger charge is 2.26. The molecule has 0 unspecified atom stereocenters. The summed E-state index contributed by atoms with van der Waals surface area (Å²) in [6, 6.07) is 5.10. The lowest BCUT2D eigenvalue weighted by molar-refractivity contribution is 0.0879. The van der Waals surface area contributed by atoms with Gasteiger partial charge in [0.2, 0.25) is 0 Å². The molecule has 2 amide bonds. The molecule has 19 heavy (non-hydrogen) atoms. The molecule has 0 saturated carbocycles. The number of imidazole rings is 1. The monoisotopic (exact) mass is 256 g/mol. The Labute approximate surface area is 109 Å². The van der Waals surface area contributed by atoms with E-state index in [9.17, 15) is 9.59 Å². The number of hydrogen-bond acceptors (Lipinski definition) is 4. The third kappa shape index (κ3) is 1.97. The molecule has 1 aromatic carbocycles. The molecule has 0 bridgehead atoms. The van der Waals surface area contributed by atoms with Gasteiger partial charge in [-0.05, 0) is 25.1 Å². The first-order valence-electron chi connectivity index (χ1n) is 5.87. The number of aromatic nitrogens is 2. The highest BCUT2D eigenvalue weighted by Crippen LogP contribution is 2.20. The fraction of sp³-hybridized carbons (Fsp3) is 0.154. The molecule has 1 aliphatic heterocycles. The summed E-state index contributed by atoms with van der Waals surface area (Å²) in [4.78, 5) is 30.1. The van der Waals surface area contributed by atoms with Crippen LogP contribution in [0.5, 0.6) is 0 Å². The standard InChI is InChI=1S/C13H12N4O2/c1-7-11(16-6-15-7)5-14-8-2-3-9-10(4-8)13(19)17-12(9)18/h2-4,6,14H,5H2,1H3,(H,15,16)(H,17,18,19). The minimum atomic E-state index is -0.348. The van der Waals surface area contributed by atoms with Gasteiger partial charge >= 0.3 is 0 Å². The summed E-state index contributed by atoms with van der Waals surface area (Å²) in [5, 5.41) is 5.44. The number of nitrogens with one attached hydrogen (secondary N) is 3. The van der Waals surface area contributed by atoms with Gasteiger partial charge in [-0.3, -0.25) is 14.9 Å². The Morgan fingerprint density at radius 2 is 2.00 bits per heavy atom. The SMILES string of the molecule is Cc1[nH]cnc1CNc1ccc2c(c1)C(=O)NC2=O. The molecule has 0 fully saturated rings. The second kappa shape index (κ2) is 4.24. The predicted molar refractivity (Wildman–Crippen MR) is 68.9 cm³/mol. The molecule has 3 rings (SSSR count). The number of aromatic amines is 1. The van der Waals surface area contributed by atoms with Crippen LogP contribution in [0.15, 0.2) is 24.5 Å². The third-order valence-corrected chi connectivity index (χ3v) is 3.13. The van der Waals surface area contributed by atoms with Crippen molar-refractivity contribution in [1.82, 2.24) is 15.3 Å². The minimum Gasteiger partial charge on any atom is -0.379 e. The van der Waals surface area contributed by atoms with Gasteiger partial charge in [-0.1, -0.05) is 0 Å². The van der Waals surface area contributed by atoms with E-state index in [0.717, 1.165) is 17.1 Å². The number of nitrogens with zero attached hydrogens (tertiary/aromatic N) is 1. The van der Waals surface area contributed by atoms with Crippen molar-refractivity contribution in [3.63, 3.8) is 0 Å². The first-order chi connectivity index (χ1) is 9.15. The van der Waals surface area contributed by atoms with E-state index in [1.165, 1.54) is 0 Å². The smallest absolute Gasteiger partial charge is 0.259 e. The Morgan fingerprint density at radius 3 is 2.74 bits per heavy atom.